The second-order valence-electron chi connectivity index (χ2n) is 6.17. The van der Waals surface area contributed by atoms with E-state index in [9.17, 15) is 4.79 Å². The summed E-state index contributed by atoms with van der Waals surface area (Å²) in [6.45, 7) is 3.57. The first-order valence-electron chi connectivity index (χ1n) is 8.23. The second-order valence-corrected chi connectivity index (χ2v) is 6.17. The molecule has 2 amide bonds. The summed E-state index contributed by atoms with van der Waals surface area (Å²) in [6, 6.07) is 14.0. The maximum Gasteiger partial charge on any atom is 0.318 e. The van der Waals surface area contributed by atoms with Crippen molar-refractivity contribution in [3.8, 4) is 11.5 Å². The van der Waals surface area contributed by atoms with Gasteiger partial charge in [0, 0.05) is 13.1 Å². The van der Waals surface area contributed by atoms with Gasteiger partial charge in [0.2, 0.25) is 6.79 Å². The van der Waals surface area contributed by atoms with Gasteiger partial charge in [-0.25, -0.2) is 4.79 Å². The molecule has 5 heteroatoms. The number of nitrogens with one attached hydrogen (secondary N) is 1. The van der Waals surface area contributed by atoms with E-state index in [0.29, 0.717) is 13.1 Å². The van der Waals surface area contributed by atoms with Crippen molar-refractivity contribution < 1.29 is 14.3 Å². The number of rotatable bonds is 2. The predicted octanol–water partition coefficient (Wildman–Crippen LogP) is 3.24. The molecule has 1 unspecified atom stereocenters. The van der Waals surface area contributed by atoms with Gasteiger partial charge in [-0.3, -0.25) is 0 Å². The van der Waals surface area contributed by atoms with Gasteiger partial charge in [-0.2, -0.15) is 0 Å². The van der Waals surface area contributed by atoms with E-state index in [4.69, 9.17) is 9.47 Å². The van der Waals surface area contributed by atoms with Crippen LogP contribution in [-0.4, -0.2) is 24.3 Å². The molecule has 4 rings (SSSR count). The molecule has 0 spiro atoms. The lowest BCUT2D eigenvalue weighted by molar-refractivity contribution is 0.172. The van der Waals surface area contributed by atoms with Crippen molar-refractivity contribution in [1.29, 1.82) is 0 Å². The summed E-state index contributed by atoms with van der Waals surface area (Å²) >= 11 is 0. The lowest BCUT2D eigenvalue weighted by Crippen LogP contribution is -2.44. The second kappa shape index (κ2) is 6.07. The van der Waals surface area contributed by atoms with Crippen LogP contribution in [0.3, 0.4) is 0 Å². The quantitative estimate of drug-likeness (QED) is 0.922. The van der Waals surface area contributed by atoms with Crippen LogP contribution in [0.1, 0.15) is 29.7 Å². The fourth-order valence-electron chi connectivity index (χ4n) is 3.36. The Morgan fingerprint density at radius 3 is 2.75 bits per heavy atom. The third kappa shape index (κ3) is 2.66. The molecule has 2 aromatic carbocycles. The molecule has 0 radical (unpaired) electrons. The SMILES string of the molecule is CC1c2cc3c(cc2CCN1C(=O)NCc1ccccc1)OCO3. The van der Waals surface area contributed by atoms with Crippen LogP contribution in [0.4, 0.5) is 4.79 Å². The Kier molecular flexibility index (Phi) is 3.76. The molecule has 0 saturated heterocycles. The van der Waals surface area contributed by atoms with Gasteiger partial charge < -0.3 is 19.7 Å². The van der Waals surface area contributed by atoms with Gasteiger partial charge in [0.05, 0.1) is 6.04 Å². The summed E-state index contributed by atoms with van der Waals surface area (Å²) in [4.78, 5) is 14.5. The normalized spacial score (nSPS) is 18.2. The van der Waals surface area contributed by atoms with Crippen molar-refractivity contribution in [2.75, 3.05) is 13.3 Å². The molecular formula is C19H20N2O3. The van der Waals surface area contributed by atoms with Crippen molar-refractivity contribution in [3.05, 3.63) is 59.2 Å². The van der Waals surface area contributed by atoms with Crippen LogP contribution in [0.25, 0.3) is 0 Å². The van der Waals surface area contributed by atoms with Crippen molar-refractivity contribution in [3.63, 3.8) is 0 Å². The van der Waals surface area contributed by atoms with Crippen molar-refractivity contribution in [2.24, 2.45) is 0 Å². The van der Waals surface area contributed by atoms with Crippen LogP contribution in [0.5, 0.6) is 11.5 Å². The number of benzene rings is 2. The molecule has 0 fully saturated rings. The number of nitrogens with zero attached hydrogens (tertiary/aromatic N) is 1. The van der Waals surface area contributed by atoms with Crippen LogP contribution in [0.15, 0.2) is 42.5 Å². The van der Waals surface area contributed by atoms with Gasteiger partial charge >= 0.3 is 6.03 Å². The Balaban J connectivity index is 1.48. The van der Waals surface area contributed by atoms with Crippen LogP contribution < -0.4 is 14.8 Å². The summed E-state index contributed by atoms with van der Waals surface area (Å²) in [6.07, 6.45) is 0.828. The molecule has 0 bridgehead atoms. The molecule has 0 aromatic heterocycles. The highest BCUT2D eigenvalue weighted by molar-refractivity contribution is 5.75. The van der Waals surface area contributed by atoms with Gasteiger partial charge in [0.1, 0.15) is 0 Å². The lowest BCUT2D eigenvalue weighted by atomic mass is 9.93. The number of carbonyl (C=O) groups excluding carboxylic acids is 1. The molecule has 1 atom stereocenters. The molecule has 24 heavy (non-hydrogen) atoms. The van der Waals surface area contributed by atoms with Gasteiger partial charge in [0.15, 0.2) is 11.5 Å². The zero-order chi connectivity index (χ0) is 16.5. The highest BCUT2D eigenvalue weighted by Crippen LogP contribution is 2.40. The molecule has 1 N–H and O–H groups in total. The number of urea groups is 1. The van der Waals surface area contributed by atoms with Crippen molar-refractivity contribution in [2.45, 2.75) is 25.9 Å². The van der Waals surface area contributed by atoms with E-state index in [1.54, 1.807) is 0 Å². The monoisotopic (exact) mass is 324 g/mol. The fourth-order valence-corrected chi connectivity index (χ4v) is 3.36. The Labute approximate surface area is 141 Å². The van der Waals surface area contributed by atoms with Gasteiger partial charge in [-0.15, -0.1) is 0 Å². The summed E-state index contributed by atoms with van der Waals surface area (Å²) in [7, 11) is 0. The topological polar surface area (TPSA) is 50.8 Å². The zero-order valence-electron chi connectivity index (χ0n) is 13.6. The van der Waals surface area contributed by atoms with E-state index >= 15 is 0 Å². The number of amides is 2. The first kappa shape index (κ1) is 14.9. The molecule has 2 aromatic rings. The fraction of sp³-hybridized carbons (Fsp3) is 0.316. The van der Waals surface area contributed by atoms with Crippen LogP contribution in [0.2, 0.25) is 0 Å². The zero-order valence-corrected chi connectivity index (χ0v) is 13.6. The largest absolute Gasteiger partial charge is 0.454 e. The van der Waals surface area contributed by atoms with E-state index in [-0.39, 0.29) is 18.9 Å². The van der Waals surface area contributed by atoms with Crippen LogP contribution in [0, 0.1) is 0 Å². The van der Waals surface area contributed by atoms with E-state index in [2.05, 4.69) is 12.2 Å². The summed E-state index contributed by atoms with van der Waals surface area (Å²) in [5.41, 5.74) is 3.47. The summed E-state index contributed by atoms with van der Waals surface area (Å²) < 4.78 is 10.9. The number of fused-ring (bicyclic) bond motifs is 2. The van der Waals surface area contributed by atoms with Gasteiger partial charge in [-0.1, -0.05) is 30.3 Å². The minimum absolute atomic E-state index is 0.0130. The highest BCUT2D eigenvalue weighted by Gasteiger charge is 2.30. The molecule has 2 aliphatic rings. The van der Waals surface area contributed by atoms with Crippen molar-refractivity contribution >= 4 is 6.03 Å². The van der Waals surface area contributed by atoms with Crippen molar-refractivity contribution in [1.82, 2.24) is 10.2 Å². The molecule has 2 heterocycles. The molecule has 124 valence electrons. The average molecular weight is 324 g/mol. The standard InChI is InChI=1S/C19H20N2O3/c1-13-16-10-18-17(23-12-24-18)9-15(16)7-8-21(13)19(22)20-11-14-5-3-2-4-6-14/h2-6,9-10,13H,7-8,11-12H2,1H3,(H,20,22). The summed E-state index contributed by atoms with van der Waals surface area (Å²) in [5.74, 6) is 1.58. The Morgan fingerprint density at radius 2 is 1.96 bits per heavy atom. The number of hydrogen-bond donors (Lipinski definition) is 1. The first-order valence-corrected chi connectivity index (χ1v) is 8.23. The molecular weight excluding hydrogens is 304 g/mol. The number of ether oxygens (including phenoxy) is 2. The Morgan fingerprint density at radius 1 is 1.21 bits per heavy atom. The average Bonchev–Trinajstić information content (AvgIpc) is 3.07. The Bertz CT molecular complexity index is 761. The molecule has 5 nitrogen and oxygen atoms in total. The highest BCUT2D eigenvalue weighted by atomic mass is 16.7. The number of carbonyl (C=O) groups is 1. The smallest absolute Gasteiger partial charge is 0.318 e. The molecule has 0 aliphatic carbocycles. The van der Waals surface area contributed by atoms with Crippen LogP contribution in [-0.2, 0) is 13.0 Å². The van der Waals surface area contributed by atoms with Crippen LogP contribution >= 0.6 is 0 Å². The maximum absolute atomic E-state index is 12.6. The van der Waals surface area contributed by atoms with E-state index in [1.165, 1.54) is 5.56 Å². The van der Waals surface area contributed by atoms with E-state index in [1.807, 2.05) is 47.4 Å². The first-order chi connectivity index (χ1) is 11.7. The van der Waals surface area contributed by atoms with E-state index < -0.39 is 0 Å². The predicted molar refractivity (Wildman–Crippen MR) is 90.1 cm³/mol. The number of hydrogen-bond acceptors (Lipinski definition) is 3. The van der Waals surface area contributed by atoms with Gasteiger partial charge in [0.25, 0.3) is 0 Å². The minimum atomic E-state index is -0.0327. The third-order valence-electron chi connectivity index (χ3n) is 4.72. The van der Waals surface area contributed by atoms with E-state index in [0.717, 1.165) is 29.0 Å². The maximum atomic E-state index is 12.6. The van der Waals surface area contributed by atoms with Gasteiger partial charge in [-0.05, 0) is 42.2 Å². The Hall–Kier alpha value is -2.69. The lowest BCUT2D eigenvalue weighted by Gasteiger charge is -2.35. The molecule has 0 saturated carbocycles. The summed E-state index contributed by atoms with van der Waals surface area (Å²) in [5, 5.41) is 3.01. The molecule has 2 aliphatic heterocycles. The minimum Gasteiger partial charge on any atom is -0.454 e. The third-order valence-corrected chi connectivity index (χ3v) is 4.72.